The van der Waals surface area contributed by atoms with Gasteiger partial charge < -0.3 is 15.2 Å². The molecule has 0 saturated carbocycles. The molecule has 0 aliphatic carbocycles. The second kappa shape index (κ2) is 5.58. The molecular formula is C17H20N4. The van der Waals surface area contributed by atoms with Crippen LogP contribution in [0.1, 0.15) is 0 Å². The van der Waals surface area contributed by atoms with Gasteiger partial charge >= 0.3 is 0 Å². The lowest BCUT2D eigenvalue weighted by Crippen LogP contribution is -2.18. The zero-order chi connectivity index (χ0) is 14.8. The van der Waals surface area contributed by atoms with Crippen LogP contribution in [0.2, 0.25) is 0 Å². The maximum atomic E-state index is 5.92. The van der Waals surface area contributed by atoms with Gasteiger partial charge in [0.25, 0.3) is 0 Å². The van der Waals surface area contributed by atoms with Gasteiger partial charge in [0.15, 0.2) is 0 Å². The molecule has 0 fully saturated rings. The number of nitrogens with two attached hydrogens (primary N) is 1. The summed E-state index contributed by atoms with van der Waals surface area (Å²) >= 11 is 0. The Hall–Kier alpha value is -2.33. The molecule has 2 aromatic carbocycles. The first-order chi connectivity index (χ1) is 10.1. The van der Waals surface area contributed by atoms with E-state index < -0.39 is 0 Å². The standard InChI is InChI=1S/C17H20N4/c1-20(2)10-11-21-16-9-4-3-8-15(16)19-17(21)13-6-5-7-14(18)12-13/h3-9,12H,10-11,18H2,1-2H3. The molecule has 0 amide bonds. The Morgan fingerprint density at radius 2 is 1.90 bits per heavy atom. The van der Waals surface area contributed by atoms with Crippen LogP contribution < -0.4 is 5.73 Å². The summed E-state index contributed by atoms with van der Waals surface area (Å²) in [6.45, 7) is 1.87. The number of nitrogens with zero attached hydrogens (tertiary/aromatic N) is 3. The van der Waals surface area contributed by atoms with Gasteiger partial charge in [-0.2, -0.15) is 0 Å². The molecule has 0 atom stereocenters. The Bertz CT molecular complexity index is 758. The van der Waals surface area contributed by atoms with Crippen molar-refractivity contribution in [1.82, 2.24) is 14.5 Å². The van der Waals surface area contributed by atoms with Crippen molar-refractivity contribution >= 4 is 16.7 Å². The number of rotatable bonds is 4. The van der Waals surface area contributed by atoms with E-state index >= 15 is 0 Å². The van der Waals surface area contributed by atoms with Crippen LogP contribution >= 0.6 is 0 Å². The van der Waals surface area contributed by atoms with Crippen molar-refractivity contribution in [1.29, 1.82) is 0 Å². The number of hydrogen-bond acceptors (Lipinski definition) is 3. The smallest absolute Gasteiger partial charge is 0.141 e. The second-order valence-electron chi connectivity index (χ2n) is 5.50. The van der Waals surface area contributed by atoms with Crippen LogP contribution in [-0.4, -0.2) is 35.1 Å². The maximum Gasteiger partial charge on any atom is 0.141 e. The summed E-state index contributed by atoms with van der Waals surface area (Å²) < 4.78 is 2.27. The third-order valence-corrected chi connectivity index (χ3v) is 3.57. The van der Waals surface area contributed by atoms with Gasteiger partial charge in [-0.15, -0.1) is 0 Å². The first-order valence-corrected chi connectivity index (χ1v) is 7.11. The first-order valence-electron chi connectivity index (χ1n) is 7.11. The lowest BCUT2D eigenvalue weighted by molar-refractivity contribution is 0.387. The molecule has 21 heavy (non-hydrogen) atoms. The predicted octanol–water partition coefficient (Wildman–Crippen LogP) is 2.85. The molecule has 3 rings (SSSR count). The second-order valence-corrected chi connectivity index (χ2v) is 5.50. The van der Waals surface area contributed by atoms with Gasteiger partial charge in [0.1, 0.15) is 5.82 Å². The van der Waals surface area contributed by atoms with E-state index in [4.69, 9.17) is 10.7 Å². The van der Waals surface area contributed by atoms with Gasteiger partial charge in [0.2, 0.25) is 0 Å². The Balaban J connectivity index is 2.14. The number of fused-ring (bicyclic) bond motifs is 1. The largest absolute Gasteiger partial charge is 0.399 e. The minimum Gasteiger partial charge on any atom is -0.399 e. The van der Waals surface area contributed by atoms with E-state index in [-0.39, 0.29) is 0 Å². The van der Waals surface area contributed by atoms with Crippen molar-refractivity contribution in [3.05, 3.63) is 48.5 Å². The fourth-order valence-corrected chi connectivity index (χ4v) is 2.50. The highest BCUT2D eigenvalue weighted by Crippen LogP contribution is 2.25. The van der Waals surface area contributed by atoms with Crippen LogP contribution in [0.25, 0.3) is 22.4 Å². The number of nitrogen functional groups attached to an aromatic ring is 1. The fourth-order valence-electron chi connectivity index (χ4n) is 2.50. The molecule has 0 spiro atoms. The van der Waals surface area contributed by atoms with Crippen molar-refractivity contribution in [3.63, 3.8) is 0 Å². The van der Waals surface area contributed by atoms with Crippen LogP contribution in [0.15, 0.2) is 48.5 Å². The average Bonchev–Trinajstić information content (AvgIpc) is 2.84. The lowest BCUT2D eigenvalue weighted by Gasteiger charge is -2.13. The van der Waals surface area contributed by atoms with E-state index in [1.54, 1.807) is 0 Å². The summed E-state index contributed by atoms with van der Waals surface area (Å²) in [6, 6.07) is 16.2. The quantitative estimate of drug-likeness (QED) is 0.748. The van der Waals surface area contributed by atoms with Crippen LogP contribution in [0.3, 0.4) is 0 Å². The van der Waals surface area contributed by atoms with Crippen LogP contribution in [0.5, 0.6) is 0 Å². The van der Waals surface area contributed by atoms with Crippen LogP contribution in [0.4, 0.5) is 5.69 Å². The van der Waals surface area contributed by atoms with Gasteiger partial charge in [0.05, 0.1) is 11.0 Å². The Morgan fingerprint density at radius 1 is 1.10 bits per heavy atom. The normalized spacial score (nSPS) is 11.4. The lowest BCUT2D eigenvalue weighted by atomic mass is 10.2. The summed E-state index contributed by atoms with van der Waals surface area (Å²) in [6.07, 6.45) is 0. The highest BCUT2D eigenvalue weighted by atomic mass is 15.1. The SMILES string of the molecule is CN(C)CCn1c(-c2cccc(N)c2)nc2ccccc21. The van der Waals surface area contributed by atoms with Crippen molar-refractivity contribution in [2.75, 3.05) is 26.4 Å². The predicted molar refractivity (Wildman–Crippen MR) is 88.1 cm³/mol. The number of aromatic nitrogens is 2. The average molecular weight is 280 g/mol. The molecule has 1 aromatic heterocycles. The maximum absolute atomic E-state index is 5.92. The van der Waals surface area contributed by atoms with Gasteiger partial charge in [-0.25, -0.2) is 4.98 Å². The Morgan fingerprint density at radius 3 is 2.67 bits per heavy atom. The summed E-state index contributed by atoms with van der Waals surface area (Å²) in [5, 5.41) is 0. The topological polar surface area (TPSA) is 47.1 Å². The number of para-hydroxylation sites is 2. The van der Waals surface area contributed by atoms with Crippen LogP contribution in [0, 0.1) is 0 Å². The monoisotopic (exact) mass is 280 g/mol. The van der Waals surface area contributed by atoms with E-state index in [1.807, 2.05) is 24.3 Å². The van der Waals surface area contributed by atoms with E-state index in [0.717, 1.165) is 41.2 Å². The number of benzene rings is 2. The summed E-state index contributed by atoms with van der Waals surface area (Å²) in [4.78, 5) is 6.97. The van der Waals surface area contributed by atoms with Crippen molar-refractivity contribution < 1.29 is 0 Å². The third-order valence-electron chi connectivity index (χ3n) is 3.57. The minimum absolute atomic E-state index is 0.763. The minimum atomic E-state index is 0.763. The van der Waals surface area contributed by atoms with E-state index in [9.17, 15) is 0 Å². The fraction of sp³-hybridized carbons (Fsp3) is 0.235. The van der Waals surface area contributed by atoms with Gasteiger partial charge in [-0.05, 0) is 38.4 Å². The highest BCUT2D eigenvalue weighted by Gasteiger charge is 2.12. The molecule has 1 heterocycles. The zero-order valence-corrected chi connectivity index (χ0v) is 12.5. The molecule has 4 heteroatoms. The van der Waals surface area contributed by atoms with Gasteiger partial charge in [-0.3, -0.25) is 0 Å². The molecule has 0 bridgehead atoms. The molecule has 0 radical (unpaired) electrons. The van der Waals surface area contributed by atoms with E-state index in [2.05, 4.69) is 47.8 Å². The summed E-state index contributed by atoms with van der Waals surface area (Å²) in [7, 11) is 4.17. The Labute approximate surface area is 124 Å². The molecule has 3 aromatic rings. The van der Waals surface area contributed by atoms with Gasteiger partial charge in [0, 0.05) is 24.3 Å². The molecule has 2 N–H and O–H groups in total. The highest BCUT2D eigenvalue weighted by molar-refractivity contribution is 5.81. The summed E-state index contributed by atoms with van der Waals surface area (Å²) in [5.41, 5.74) is 9.93. The van der Waals surface area contributed by atoms with Gasteiger partial charge in [-0.1, -0.05) is 24.3 Å². The van der Waals surface area contributed by atoms with Crippen molar-refractivity contribution in [2.45, 2.75) is 6.54 Å². The molecule has 0 unspecified atom stereocenters. The first kappa shape index (κ1) is 13.6. The number of anilines is 1. The molecule has 108 valence electrons. The molecule has 0 aliphatic heterocycles. The van der Waals surface area contributed by atoms with Crippen molar-refractivity contribution in [2.24, 2.45) is 0 Å². The third kappa shape index (κ3) is 2.76. The van der Waals surface area contributed by atoms with E-state index in [0.29, 0.717) is 0 Å². The van der Waals surface area contributed by atoms with Crippen LogP contribution in [-0.2, 0) is 6.54 Å². The van der Waals surface area contributed by atoms with E-state index in [1.165, 1.54) is 0 Å². The molecule has 4 nitrogen and oxygen atoms in total. The molecule has 0 saturated heterocycles. The zero-order valence-electron chi connectivity index (χ0n) is 12.5. The molecule has 0 aliphatic rings. The Kier molecular flexibility index (Phi) is 3.62. The number of likely N-dealkylation sites (N-methyl/N-ethyl adjacent to an activating group) is 1. The van der Waals surface area contributed by atoms with Crippen molar-refractivity contribution in [3.8, 4) is 11.4 Å². The number of hydrogen-bond donors (Lipinski definition) is 1. The summed E-state index contributed by atoms with van der Waals surface area (Å²) in [5.74, 6) is 0.977. The number of imidazole rings is 1. The molecular weight excluding hydrogens is 260 g/mol.